The van der Waals surface area contributed by atoms with Gasteiger partial charge in [0, 0.05) is 12.0 Å². The van der Waals surface area contributed by atoms with Gasteiger partial charge in [0.25, 0.3) is 0 Å². The number of carbonyl (C=O) groups is 2. The molecule has 0 spiro atoms. The van der Waals surface area contributed by atoms with Crippen LogP contribution in [0, 0.1) is 0 Å². The Morgan fingerprint density at radius 1 is 1.14 bits per heavy atom. The van der Waals surface area contributed by atoms with Crippen molar-refractivity contribution in [3.8, 4) is 17.2 Å². The van der Waals surface area contributed by atoms with E-state index < -0.39 is 11.9 Å². The lowest BCUT2D eigenvalue weighted by Crippen LogP contribution is -2.29. The van der Waals surface area contributed by atoms with Crippen molar-refractivity contribution in [2.45, 2.75) is 25.7 Å². The fraction of sp³-hybridized carbons (Fsp3) is 0.500. The molecule has 1 unspecified atom stereocenters. The molecule has 1 atom stereocenters. The lowest BCUT2D eigenvalue weighted by molar-refractivity contribution is -0.148. The van der Waals surface area contributed by atoms with Crippen molar-refractivity contribution in [2.75, 3.05) is 27.9 Å². The summed E-state index contributed by atoms with van der Waals surface area (Å²) in [7, 11) is 4.53. The Kier molecular flexibility index (Phi) is 4.90. The summed E-state index contributed by atoms with van der Waals surface area (Å²) in [4.78, 5) is 24.4. The predicted octanol–water partition coefficient (Wildman–Crippen LogP) is 1.87. The molecule has 0 aliphatic heterocycles. The number of rotatable bonds is 5. The summed E-state index contributed by atoms with van der Waals surface area (Å²) in [6.45, 7) is 1.93. The third-order valence-electron chi connectivity index (χ3n) is 3.74. The first-order valence-electron chi connectivity index (χ1n) is 7.10. The van der Waals surface area contributed by atoms with Crippen LogP contribution in [0.5, 0.6) is 17.2 Å². The minimum atomic E-state index is -0.933. The Bertz CT molecular complexity index is 593. The van der Waals surface area contributed by atoms with Gasteiger partial charge in [0.15, 0.2) is 17.3 Å². The summed E-state index contributed by atoms with van der Waals surface area (Å²) in [5.41, 5.74) is 1.36. The zero-order valence-electron chi connectivity index (χ0n) is 13.2. The van der Waals surface area contributed by atoms with Crippen LogP contribution in [0.1, 0.15) is 30.4 Å². The highest BCUT2D eigenvalue weighted by atomic mass is 16.5. The molecular weight excluding hydrogens is 288 g/mol. The number of hydrogen-bond acceptors (Lipinski definition) is 6. The van der Waals surface area contributed by atoms with Gasteiger partial charge in [0.1, 0.15) is 5.92 Å². The van der Waals surface area contributed by atoms with Gasteiger partial charge in [-0.05, 0) is 25.0 Å². The van der Waals surface area contributed by atoms with Crippen LogP contribution in [0.2, 0.25) is 0 Å². The number of ketones is 1. The number of hydrogen-bond donors (Lipinski definition) is 0. The van der Waals surface area contributed by atoms with Gasteiger partial charge in [-0.2, -0.15) is 0 Å². The van der Waals surface area contributed by atoms with Crippen LogP contribution in [0.4, 0.5) is 0 Å². The van der Waals surface area contributed by atoms with Crippen molar-refractivity contribution >= 4 is 11.8 Å². The molecule has 0 fully saturated rings. The van der Waals surface area contributed by atoms with Gasteiger partial charge < -0.3 is 18.9 Å². The number of fused-ring (bicyclic) bond motifs is 1. The summed E-state index contributed by atoms with van der Waals surface area (Å²) in [5.74, 6) is -0.248. The molecule has 0 N–H and O–H groups in total. The quantitative estimate of drug-likeness (QED) is 0.611. The second-order valence-corrected chi connectivity index (χ2v) is 4.86. The first kappa shape index (κ1) is 16.1. The summed E-state index contributed by atoms with van der Waals surface area (Å²) in [6, 6.07) is 1.66. The molecule has 6 nitrogen and oxygen atoms in total. The lowest BCUT2D eigenvalue weighted by Gasteiger charge is -2.26. The molecule has 1 aliphatic carbocycles. The molecule has 0 amide bonds. The maximum absolute atomic E-state index is 12.2. The largest absolute Gasteiger partial charge is 0.493 e. The molecule has 2 rings (SSSR count). The van der Waals surface area contributed by atoms with Crippen molar-refractivity contribution in [3.05, 3.63) is 17.2 Å². The average molecular weight is 308 g/mol. The Labute approximate surface area is 129 Å². The molecule has 22 heavy (non-hydrogen) atoms. The Morgan fingerprint density at radius 3 is 2.36 bits per heavy atom. The monoisotopic (exact) mass is 308 g/mol. The predicted molar refractivity (Wildman–Crippen MR) is 78.8 cm³/mol. The van der Waals surface area contributed by atoms with Crippen LogP contribution in [-0.2, 0) is 20.7 Å². The van der Waals surface area contributed by atoms with Crippen LogP contribution >= 0.6 is 0 Å². The highest BCUT2D eigenvalue weighted by Crippen LogP contribution is 2.46. The lowest BCUT2D eigenvalue weighted by atomic mass is 9.81. The second kappa shape index (κ2) is 6.68. The fourth-order valence-corrected chi connectivity index (χ4v) is 2.80. The van der Waals surface area contributed by atoms with E-state index in [1.54, 1.807) is 13.0 Å². The number of carbonyl (C=O) groups excluding carboxylic acids is 2. The molecule has 6 heteroatoms. The van der Waals surface area contributed by atoms with E-state index in [4.69, 9.17) is 18.9 Å². The number of Topliss-reactive ketones (excluding diaryl/α,β-unsaturated/α-hetero) is 1. The standard InChI is InChI=1S/C16H20O6/c1-5-22-16(18)13-10-8-12(19-2)15(21-4)14(20-3)9(10)6-7-11(13)17/h8,13H,5-7H2,1-4H3. The van der Waals surface area contributed by atoms with Crippen LogP contribution in [-0.4, -0.2) is 39.7 Å². The van der Waals surface area contributed by atoms with Crippen LogP contribution in [0.3, 0.4) is 0 Å². The minimum absolute atomic E-state index is 0.153. The van der Waals surface area contributed by atoms with E-state index in [0.29, 0.717) is 29.2 Å². The average Bonchev–Trinajstić information content (AvgIpc) is 2.52. The summed E-state index contributed by atoms with van der Waals surface area (Å²) in [5, 5.41) is 0. The summed E-state index contributed by atoms with van der Waals surface area (Å²) in [6.07, 6.45) is 0.760. The molecule has 0 radical (unpaired) electrons. The molecule has 1 aromatic rings. The van der Waals surface area contributed by atoms with Crippen LogP contribution in [0.25, 0.3) is 0 Å². The maximum Gasteiger partial charge on any atom is 0.321 e. The maximum atomic E-state index is 12.2. The molecule has 1 aromatic carbocycles. The second-order valence-electron chi connectivity index (χ2n) is 4.86. The Morgan fingerprint density at radius 2 is 1.82 bits per heavy atom. The molecule has 120 valence electrons. The van der Waals surface area contributed by atoms with E-state index in [9.17, 15) is 9.59 Å². The normalized spacial score (nSPS) is 16.7. The smallest absolute Gasteiger partial charge is 0.321 e. The van der Waals surface area contributed by atoms with Crippen molar-refractivity contribution < 1.29 is 28.5 Å². The third kappa shape index (κ3) is 2.61. The Balaban J connectivity index is 2.64. The summed E-state index contributed by atoms with van der Waals surface area (Å²) >= 11 is 0. The van der Waals surface area contributed by atoms with Gasteiger partial charge in [-0.25, -0.2) is 0 Å². The van der Waals surface area contributed by atoms with Crippen molar-refractivity contribution in [1.82, 2.24) is 0 Å². The van der Waals surface area contributed by atoms with Gasteiger partial charge >= 0.3 is 5.97 Å². The van der Waals surface area contributed by atoms with Gasteiger partial charge in [-0.3, -0.25) is 9.59 Å². The van der Waals surface area contributed by atoms with E-state index in [2.05, 4.69) is 0 Å². The molecule has 0 saturated carbocycles. The minimum Gasteiger partial charge on any atom is -0.493 e. The first-order valence-corrected chi connectivity index (χ1v) is 7.10. The topological polar surface area (TPSA) is 71.1 Å². The molecule has 0 aromatic heterocycles. The van der Waals surface area contributed by atoms with Crippen molar-refractivity contribution in [2.24, 2.45) is 0 Å². The van der Waals surface area contributed by atoms with Gasteiger partial charge in [-0.1, -0.05) is 0 Å². The zero-order valence-corrected chi connectivity index (χ0v) is 13.2. The van der Waals surface area contributed by atoms with E-state index in [0.717, 1.165) is 5.56 Å². The van der Waals surface area contributed by atoms with Crippen molar-refractivity contribution in [1.29, 1.82) is 0 Å². The van der Waals surface area contributed by atoms with E-state index in [1.165, 1.54) is 21.3 Å². The van der Waals surface area contributed by atoms with Crippen LogP contribution < -0.4 is 14.2 Å². The molecule has 0 saturated heterocycles. The van der Waals surface area contributed by atoms with E-state index >= 15 is 0 Å². The van der Waals surface area contributed by atoms with Crippen molar-refractivity contribution in [3.63, 3.8) is 0 Å². The number of benzene rings is 1. The zero-order chi connectivity index (χ0) is 16.3. The van der Waals surface area contributed by atoms with Gasteiger partial charge in [0.2, 0.25) is 5.75 Å². The van der Waals surface area contributed by atoms with Crippen LogP contribution in [0.15, 0.2) is 6.07 Å². The number of esters is 1. The third-order valence-corrected chi connectivity index (χ3v) is 3.74. The number of ether oxygens (including phenoxy) is 4. The summed E-state index contributed by atoms with van der Waals surface area (Å²) < 4.78 is 21.1. The fourth-order valence-electron chi connectivity index (χ4n) is 2.80. The first-order chi connectivity index (χ1) is 10.6. The number of methoxy groups -OCH3 is 3. The van der Waals surface area contributed by atoms with Gasteiger partial charge in [-0.15, -0.1) is 0 Å². The van der Waals surface area contributed by atoms with E-state index in [1.807, 2.05) is 0 Å². The SMILES string of the molecule is CCOC(=O)C1C(=O)CCc2c1cc(OC)c(OC)c2OC. The van der Waals surface area contributed by atoms with E-state index in [-0.39, 0.29) is 18.8 Å². The molecular formula is C16H20O6. The highest BCUT2D eigenvalue weighted by molar-refractivity contribution is 6.06. The molecule has 1 aliphatic rings. The highest BCUT2D eigenvalue weighted by Gasteiger charge is 2.38. The van der Waals surface area contributed by atoms with Gasteiger partial charge in [0.05, 0.1) is 27.9 Å². The Hall–Kier alpha value is -2.24. The molecule has 0 heterocycles. The molecule has 0 bridgehead atoms.